The van der Waals surface area contributed by atoms with Crippen LogP contribution in [0.1, 0.15) is 21.1 Å². The van der Waals surface area contributed by atoms with Gasteiger partial charge in [0.15, 0.2) is 0 Å². The molecule has 0 saturated heterocycles. The van der Waals surface area contributed by atoms with Gasteiger partial charge in [-0.1, -0.05) is 24.3 Å². The standard InChI is InChI=1S/C15H13N3S/c1-18-8-11(16-9-18)7-14-17-15-12-5-3-2-4-10(12)6-13(15)19-14/h2-5,8-9H,6-7H2,1H3. The van der Waals surface area contributed by atoms with E-state index in [1.165, 1.54) is 26.7 Å². The molecule has 0 aliphatic heterocycles. The highest BCUT2D eigenvalue weighted by Gasteiger charge is 2.22. The van der Waals surface area contributed by atoms with Gasteiger partial charge in [0.2, 0.25) is 0 Å². The lowest BCUT2D eigenvalue weighted by Gasteiger charge is -1.97. The maximum atomic E-state index is 4.81. The molecule has 0 spiro atoms. The minimum Gasteiger partial charge on any atom is -0.340 e. The number of imidazole rings is 1. The van der Waals surface area contributed by atoms with Crippen molar-refractivity contribution in [2.45, 2.75) is 12.8 Å². The molecule has 0 atom stereocenters. The molecule has 94 valence electrons. The Morgan fingerprint density at radius 2 is 2.21 bits per heavy atom. The Morgan fingerprint density at radius 1 is 1.32 bits per heavy atom. The molecule has 3 aromatic rings. The summed E-state index contributed by atoms with van der Waals surface area (Å²) in [5.74, 6) is 0. The van der Waals surface area contributed by atoms with Crippen molar-refractivity contribution in [3.05, 3.63) is 57.9 Å². The number of rotatable bonds is 2. The van der Waals surface area contributed by atoms with Crippen molar-refractivity contribution in [2.75, 3.05) is 0 Å². The van der Waals surface area contributed by atoms with E-state index < -0.39 is 0 Å². The van der Waals surface area contributed by atoms with Gasteiger partial charge in [-0.15, -0.1) is 11.3 Å². The summed E-state index contributed by atoms with van der Waals surface area (Å²) in [5, 5.41) is 1.17. The second kappa shape index (κ2) is 4.03. The molecule has 1 aliphatic rings. The van der Waals surface area contributed by atoms with Gasteiger partial charge in [-0.05, 0) is 5.56 Å². The largest absolute Gasteiger partial charge is 0.340 e. The van der Waals surface area contributed by atoms with E-state index in [2.05, 4.69) is 35.4 Å². The summed E-state index contributed by atoms with van der Waals surface area (Å²) in [7, 11) is 1.99. The molecular formula is C15H13N3S. The summed E-state index contributed by atoms with van der Waals surface area (Å²) >= 11 is 1.82. The van der Waals surface area contributed by atoms with E-state index in [-0.39, 0.29) is 0 Å². The average molecular weight is 267 g/mol. The molecule has 1 aliphatic carbocycles. The van der Waals surface area contributed by atoms with Gasteiger partial charge in [0.05, 0.1) is 22.7 Å². The van der Waals surface area contributed by atoms with Crippen LogP contribution in [-0.2, 0) is 19.9 Å². The third-order valence-corrected chi connectivity index (χ3v) is 4.51. The van der Waals surface area contributed by atoms with Crippen molar-refractivity contribution in [3.63, 3.8) is 0 Å². The predicted octanol–water partition coefficient (Wildman–Crippen LogP) is 3.04. The zero-order chi connectivity index (χ0) is 12.8. The highest BCUT2D eigenvalue weighted by Crippen LogP contribution is 2.39. The first-order valence-electron chi connectivity index (χ1n) is 6.33. The fourth-order valence-corrected chi connectivity index (χ4v) is 3.72. The van der Waals surface area contributed by atoms with Crippen LogP contribution in [0.2, 0.25) is 0 Å². The molecule has 0 radical (unpaired) electrons. The van der Waals surface area contributed by atoms with Crippen molar-refractivity contribution >= 4 is 11.3 Å². The lowest BCUT2D eigenvalue weighted by molar-refractivity contribution is 0.912. The molecule has 2 aromatic heterocycles. The molecule has 0 fully saturated rings. The normalized spacial score (nSPS) is 12.5. The average Bonchev–Trinajstić information content (AvgIpc) is 3.04. The lowest BCUT2D eigenvalue weighted by atomic mass is 10.1. The van der Waals surface area contributed by atoms with E-state index in [1.807, 2.05) is 29.3 Å². The number of hydrogen-bond acceptors (Lipinski definition) is 3. The van der Waals surface area contributed by atoms with E-state index in [0.717, 1.165) is 18.5 Å². The van der Waals surface area contributed by atoms with Crippen LogP contribution in [0.3, 0.4) is 0 Å². The minimum atomic E-state index is 0.834. The molecule has 19 heavy (non-hydrogen) atoms. The van der Waals surface area contributed by atoms with Crippen molar-refractivity contribution in [1.82, 2.24) is 14.5 Å². The number of thiazole rings is 1. The van der Waals surface area contributed by atoms with Crippen molar-refractivity contribution < 1.29 is 0 Å². The van der Waals surface area contributed by atoms with Crippen LogP contribution in [-0.4, -0.2) is 14.5 Å². The Hall–Kier alpha value is -1.94. The fourth-order valence-electron chi connectivity index (χ4n) is 2.60. The van der Waals surface area contributed by atoms with E-state index >= 15 is 0 Å². The quantitative estimate of drug-likeness (QED) is 0.559. The molecule has 4 heteroatoms. The molecular weight excluding hydrogens is 254 g/mol. The van der Waals surface area contributed by atoms with E-state index in [9.17, 15) is 0 Å². The molecule has 2 heterocycles. The van der Waals surface area contributed by atoms with Gasteiger partial charge in [-0.25, -0.2) is 9.97 Å². The van der Waals surface area contributed by atoms with Crippen LogP contribution in [0.5, 0.6) is 0 Å². The third-order valence-electron chi connectivity index (χ3n) is 3.46. The van der Waals surface area contributed by atoms with Gasteiger partial charge in [-0.3, -0.25) is 0 Å². The zero-order valence-electron chi connectivity index (χ0n) is 10.6. The molecule has 1 aromatic carbocycles. The van der Waals surface area contributed by atoms with Crippen LogP contribution in [0.4, 0.5) is 0 Å². The third kappa shape index (κ3) is 1.79. The van der Waals surface area contributed by atoms with Gasteiger partial charge < -0.3 is 4.57 Å². The summed E-state index contributed by atoms with van der Waals surface area (Å²) in [4.78, 5) is 10.6. The fraction of sp³-hybridized carbons (Fsp3) is 0.200. The summed E-state index contributed by atoms with van der Waals surface area (Å²) in [5.41, 5.74) is 4.98. The molecule has 0 unspecified atom stereocenters. The number of hydrogen-bond donors (Lipinski definition) is 0. The Kier molecular flexibility index (Phi) is 2.32. The lowest BCUT2D eigenvalue weighted by Crippen LogP contribution is -1.88. The highest BCUT2D eigenvalue weighted by molar-refractivity contribution is 7.12. The van der Waals surface area contributed by atoms with Gasteiger partial charge in [-0.2, -0.15) is 0 Å². The SMILES string of the molecule is Cn1cnc(Cc2nc3c(s2)Cc2ccccc2-3)c1. The van der Waals surface area contributed by atoms with Gasteiger partial charge in [0, 0.05) is 36.5 Å². The Bertz CT molecular complexity index is 754. The Balaban J connectivity index is 1.69. The Morgan fingerprint density at radius 3 is 3.05 bits per heavy atom. The number of benzene rings is 1. The smallest absolute Gasteiger partial charge is 0.0995 e. The first-order valence-corrected chi connectivity index (χ1v) is 7.15. The van der Waals surface area contributed by atoms with Crippen LogP contribution < -0.4 is 0 Å². The van der Waals surface area contributed by atoms with Crippen molar-refractivity contribution in [2.24, 2.45) is 7.05 Å². The molecule has 0 bridgehead atoms. The van der Waals surface area contributed by atoms with Crippen LogP contribution in [0.25, 0.3) is 11.3 Å². The predicted molar refractivity (Wildman–Crippen MR) is 76.4 cm³/mol. The maximum absolute atomic E-state index is 4.81. The molecule has 0 saturated carbocycles. The van der Waals surface area contributed by atoms with Crippen LogP contribution >= 0.6 is 11.3 Å². The van der Waals surface area contributed by atoms with Gasteiger partial charge in [0.1, 0.15) is 0 Å². The maximum Gasteiger partial charge on any atom is 0.0995 e. The second-order valence-corrected chi connectivity index (χ2v) is 6.09. The van der Waals surface area contributed by atoms with Crippen LogP contribution in [0.15, 0.2) is 36.8 Å². The Labute approximate surface area is 115 Å². The number of fused-ring (bicyclic) bond motifs is 3. The summed E-state index contributed by atoms with van der Waals surface area (Å²) < 4.78 is 1.98. The molecule has 4 rings (SSSR count). The first-order chi connectivity index (χ1) is 9.29. The van der Waals surface area contributed by atoms with E-state index in [4.69, 9.17) is 4.98 Å². The topological polar surface area (TPSA) is 30.7 Å². The summed E-state index contributed by atoms with van der Waals surface area (Å²) in [6.07, 6.45) is 5.76. The van der Waals surface area contributed by atoms with Crippen molar-refractivity contribution in [1.29, 1.82) is 0 Å². The molecule has 0 amide bonds. The van der Waals surface area contributed by atoms with Crippen molar-refractivity contribution in [3.8, 4) is 11.3 Å². The van der Waals surface area contributed by atoms with E-state index in [1.54, 1.807) is 0 Å². The molecule has 0 N–H and O–H groups in total. The molecule has 3 nitrogen and oxygen atoms in total. The summed E-state index contributed by atoms with van der Waals surface area (Å²) in [6, 6.07) is 8.56. The second-order valence-electron chi connectivity index (χ2n) is 4.92. The summed E-state index contributed by atoms with van der Waals surface area (Å²) in [6.45, 7) is 0. The van der Waals surface area contributed by atoms with Gasteiger partial charge >= 0.3 is 0 Å². The monoisotopic (exact) mass is 267 g/mol. The van der Waals surface area contributed by atoms with Gasteiger partial charge in [0.25, 0.3) is 0 Å². The number of aryl methyl sites for hydroxylation is 1. The number of nitrogens with zero attached hydrogens (tertiary/aromatic N) is 3. The highest BCUT2D eigenvalue weighted by atomic mass is 32.1. The van der Waals surface area contributed by atoms with Crippen LogP contribution in [0, 0.1) is 0 Å². The first kappa shape index (κ1) is 10.9. The number of aromatic nitrogens is 3. The zero-order valence-corrected chi connectivity index (χ0v) is 11.4. The minimum absolute atomic E-state index is 0.834. The van der Waals surface area contributed by atoms with E-state index in [0.29, 0.717) is 0 Å².